The summed E-state index contributed by atoms with van der Waals surface area (Å²) in [5, 5.41) is 5.63. The lowest BCUT2D eigenvalue weighted by molar-refractivity contribution is 0.390. The number of nitrogens with zero attached hydrogens (tertiary/aromatic N) is 4. The van der Waals surface area contributed by atoms with Gasteiger partial charge < -0.3 is 9.26 Å². The van der Waals surface area contributed by atoms with E-state index in [-0.39, 0.29) is 5.56 Å². The number of aromatic nitrogens is 4. The number of para-hydroxylation sites is 1. The van der Waals surface area contributed by atoms with Crippen molar-refractivity contribution in [3.05, 3.63) is 51.0 Å². The summed E-state index contributed by atoms with van der Waals surface area (Å²) in [4.78, 5) is 24.8. The first-order chi connectivity index (χ1) is 15.2. The topological polar surface area (TPSA) is 83.0 Å². The number of fused-ring (bicyclic) bond motifs is 3. The lowest BCUT2D eigenvalue weighted by Gasteiger charge is -2.10. The Hall–Kier alpha value is -2.65. The van der Waals surface area contributed by atoms with E-state index in [1.165, 1.54) is 22.2 Å². The number of hydrogen-bond acceptors (Lipinski definition) is 8. The summed E-state index contributed by atoms with van der Waals surface area (Å²) in [5.74, 6) is 2.10. The van der Waals surface area contributed by atoms with Gasteiger partial charge in [-0.25, -0.2) is 4.98 Å². The average Bonchev–Trinajstić information content (AvgIpc) is 3.50. The highest BCUT2D eigenvalue weighted by atomic mass is 32.2. The number of thiophene rings is 1. The minimum atomic E-state index is 0.0778. The van der Waals surface area contributed by atoms with Crippen molar-refractivity contribution in [3.63, 3.8) is 0 Å². The fraction of sp³-hybridized carbons (Fsp3) is 0.364. The molecule has 5 rings (SSSR count). The van der Waals surface area contributed by atoms with Crippen LogP contribution >= 0.6 is 23.1 Å². The zero-order valence-electron chi connectivity index (χ0n) is 17.4. The number of hydrogen-bond donors (Lipinski definition) is 0. The molecule has 0 radical (unpaired) electrons. The summed E-state index contributed by atoms with van der Waals surface area (Å²) in [6.07, 6.45) is 4.04. The Morgan fingerprint density at radius 2 is 2.13 bits per heavy atom. The fourth-order valence-corrected chi connectivity index (χ4v) is 6.13. The molecule has 0 unspecified atom stereocenters. The Balaban J connectivity index is 1.44. The number of ether oxygens (including phenoxy) is 1. The normalized spacial score (nSPS) is 13.1. The number of benzene rings is 1. The molecule has 0 amide bonds. The molecule has 4 aromatic rings. The average molecular weight is 455 g/mol. The van der Waals surface area contributed by atoms with Gasteiger partial charge in [0.25, 0.3) is 5.56 Å². The molecule has 0 saturated carbocycles. The number of aryl methyl sites for hydroxylation is 2. The van der Waals surface area contributed by atoms with Gasteiger partial charge in [-0.2, -0.15) is 4.98 Å². The zero-order chi connectivity index (χ0) is 21.4. The van der Waals surface area contributed by atoms with Crippen molar-refractivity contribution in [2.24, 2.45) is 0 Å². The Morgan fingerprint density at radius 1 is 1.26 bits per heavy atom. The number of methoxy groups -OCH3 is 1. The predicted molar refractivity (Wildman–Crippen MR) is 122 cm³/mol. The minimum Gasteiger partial charge on any atom is -0.496 e. The third kappa shape index (κ3) is 3.65. The largest absolute Gasteiger partial charge is 0.496 e. The molecule has 9 heteroatoms. The van der Waals surface area contributed by atoms with Gasteiger partial charge >= 0.3 is 0 Å². The van der Waals surface area contributed by atoms with Crippen LogP contribution in [0.5, 0.6) is 5.75 Å². The predicted octanol–water partition coefficient (Wildman–Crippen LogP) is 4.71. The zero-order valence-corrected chi connectivity index (χ0v) is 19.0. The monoisotopic (exact) mass is 454 g/mol. The molecule has 7 nitrogen and oxygen atoms in total. The Kier molecular flexibility index (Phi) is 5.54. The first-order valence-electron chi connectivity index (χ1n) is 10.3. The first-order valence-corrected chi connectivity index (χ1v) is 12.1. The van der Waals surface area contributed by atoms with E-state index in [4.69, 9.17) is 14.2 Å². The standard InChI is InChI=1S/C22H22N4O3S2/c1-3-11-26-21(27)18-14-8-6-10-16(14)31-20(18)24-22(26)30-12-17-23-19(25-29-17)13-7-4-5-9-15(13)28-2/h4-5,7,9H,3,6,8,10-12H2,1-2H3. The number of rotatable bonds is 7. The van der Waals surface area contributed by atoms with Gasteiger partial charge in [-0.1, -0.05) is 36.0 Å². The third-order valence-corrected chi connectivity index (χ3v) is 7.52. The molecule has 0 atom stereocenters. The van der Waals surface area contributed by atoms with Gasteiger partial charge in [-0.05, 0) is 43.4 Å². The second kappa shape index (κ2) is 8.47. The van der Waals surface area contributed by atoms with Crippen molar-refractivity contribution in [2.75, 3.05) is 7.11 Å². The molecule has 1 aromatic carbocycles. The van der Waals surface area contributed by atoms with E-state index >= 15 is 0 Å². The quantitative estimate of drug-likeness (QED) is 0.295. The highest BCUT2D eigenvalue weighted by Gasteiger charge is 2.23. The highest BCUT2D eigenvalue weighted by molar-refractivity contribution is 7.98. The first kappa shape index (κ1) is 20.3. The smallest absolute Gasteiger partial charge is 0.263 e. The van der Waals surface area contributed by atoms with E-state index in [0.717, 1.165) is 41.5 Å². The van der Waals surface area contributed by atoms with Gasteiger partial charge in [-0.3, -0.25) is 9.36 Å². The van der Waals surface area contributed by atoms with Crippen LogP contribution in [0.4, 0.5) is 0 Å². The minimum absolute atomic E-state index is 0.0778. The van der Waals surface area contributed by atoms with Crippen molar-refractivity contribution in [3.8, 4) is 17.1 Å². The van der Waals surface area contributed by atoms with Gasteiger partial charge in [0.1, 0.15) is 10.6 Å². The van der Waals surface area contributed by atoms with Crippen LogP contribution in [0.2, 0.25) is 0 Å². The molecule has 160 valence electrons. The Morgan fingerprint density at radius 3 is 2.97 bits per heavy atom. The summed E-state index contributed by atoms with van der Waals surface area (Å²) >= 11 is 3.12. The van der Waals surface area contributed by atoms with Crippen LogP contribution in [0.3, 0.4) is 0 Å². The molecule has 0 bridgehead atoms. The van der Waals surface area contributed by atoms with Crippen molar-refractivity contribution in [2.45, 2.75) is 50.1 Å². The molecule has 0 saturated heterocycles. The van der Waals surface area contributed by atoms with Crippen molar-refractivity contribution >= 4 is 33.3 Å². The molecule has 0 fully saturated rings. The van der Waals surface area contributed by atoms with E-state index in [2.05, 4.69) is 17.1 Å². The SMILES string of the molecule is CCCn1c(SCc2nc(-c3ccccc3OC)no2)nc2sc3c(c2c1=O)CCC3. The molecule has 3 aromatic heterocycles. The van der Waals surface area contributed by atoms with Crippen LogP contribution in [0, 0.1) is 0 Å². The lowest BCUT2D eigenvalue weighted by atomic mass is 10.2. The molecular formula is C22H22N4O3S2. The van der Waals surface area contributed by atoms with Crippen molar-refractivity contribution < 1.29 is 9.26 Å². The molecule has 0 N–H and O–H groups in total. The Bertz CT molecular complexity index is 1310. The summed E-state index contributed by atoms with van der Waals surface area (Å²) in [5.41, 5.74) is 2.08. The van der Waals surface area contributed by atoms with E-state index in [1.54, 1.807) is 23.0 Å². The lowest BCUT2D eigenvalue weighted by Crippen LogP contribution is -2.23. The fourth-order valence-electron chi connectivity index (χ4n) is 3.97. The van der Waals surface area contributed by atoms with E-state index < -0.39 is 0 Å². The van der Waals surface area contributed by atoms with Crippen molar-refractivity contribution in [1.82, 2.24) is 19.7 Å². The van der Waals surface area contributed by atoms with Crippen LogP contribution in [0.25, 0.3) is 21.6 Å². The van der Waals surface area contributed by atoms with E-state index in [9.17, 15) is 4.79 Å². The molecule has 3 heterocycles. The van der Waals surface area contributed by atoms with E-state index in [1.807, 2.05) is 24.3 Å². The third-order valence-electron chi connectivity index (χ3n) is 5.38. The number of thioether (sulfide) groups is 1. The molecule has 31 heavy (non-hydrogen) atoms. The second-order valence-corrected chi connectivity index (χ2v) is 9.42. The van der Waals surface area contributed by atoms with Gasteiger partial charge in [0.2, 0.25) is 11.7 Å². The summed E-state index contributed by atoms with van der Waals surface area (Å²) < 4.78 is 12.6. The van der Waals surface area contributed by atoms with E-state index in [0.29, 0.717) is 34.9 Å². The van der Waals surface area contributed by atoms with Gasteiger partial charge in [-0.15, -0.1) is 11.3 Å². The summed E-state index contributed by atoms with van der Waals surface area (Å²) in [6.45, 7) is 2.71. The van der Waals surface area contributed by atoms with Crippen LogP contribution in [0.15, 0.2) is 38.7 Å². The molecule has 1 aliphatic rings. The molecule has 1 aliphatic carbocycles. The van der Waals surface area contributed by atoms with Crippen LogP contribution in [-0.4, -0.2) is 26.8 Å². The van der Waals surface area contributed by atoms with Crippen LogP contribution in [0.1, 0.15) is 36.1 Å². The maximum Gasteiger partial charge on any atom is 0.263 e. The Labute approximate surface area is 187 Å². The maximum atomic E-state index is 13.3. The van der Waals surface area contributed by atoms with Crippen molar-refractivity contribution in [1.29, 1.82) is 0 Å². The van der Waals surface area contributed by atoms with Crippen LogP contribution in [-0.2, 0) is 25.1 Å². The van der Waals surface area contributed by atoms with Gasteiger partial charge in [0.15, 0.2) is 5.16 Å². The molecular weight excluding hydrogens is 432 g/mol. The van der Waals surface area contributed by atoms with Gasteiger partial charge in [0.05, 0.1) is 23.8 Å². The molecule has 0 spiro atoms. The second-order valence-electron chi connectivity index (χ2n) is 7.39. The summed E-state index contributed by atoms with van der Waals surface area (Å²) in [7, 11) is 1.62. The van der Waals surface area contributed by atoms with Crippen LogP contribution < -0.4 is 10.3 Å². The molecule has 0 aliphatic heterocycles. The van der Waals surface area contributed by atoms with Gasteiger partial charge in [0, 0.05) is 11.4 Å². The highest BCUT2D eigenvalue weighted by Crippen LogP contribution is 2.36. The summed E-state index contributed by atoms with van der Waals surface area (Å²) in [6, 6.07) is 7.56. The maximum absolute atomic E-state index is 13.3.